The molecular weight excluding hydrogens is 262 g/mol. The molecule has 2 rings (SSSR count). The van der Waals surface area contributed by atoms with Crippen molar-refractivity contribution in [1.29, 1.82) is 0 Å². The number of benzene rings is 1. The number of hydrogen-bond acceptors (Lipinski definition) is 4. The molecule has 20 heavy (non-hydrogen) atoms. The number of ether oxygens (including phenoxy) is 2. The Balaban J connectivity index is 2.02. The van der Waals surface area contributed by atoms with Gasteiger partial charge < -0.3 is 14.6 Å². The van der Waals surface area contributed by atoms with Gasteiger partial charge in [0.05, 0.1) is 6.26 Å². The van der Waals surface area contributed by atoms with E-state index in [0.29, 0.717) is 0 Å². The minimum atomic E-state index is -1.14. The molecule has 0 saturated carbocycles. The van der Waals surface area contributed by atoms with Crippen molar-refractivity contribution in [2.75, 3.05) is 0 Å². The molecule has 1 aromatic carbocycles. The van der Waals surface area contributed by atoms with Crippen LogP contribution in [0.4, 0.5) is 4.79 Å². The van der Waals surface area contributed by atoms with Crippen molar-refractivity contribution >= 4 is 12.1 Å². The van der Waals surface area contributed by atoms with E-state index in [-0.39, 0.29) is 6.61 Å². The van der Waals surface area contributed by atoms with E-state index in [1.807, 2.05) is 30.3 Å². The van der Waals surface area contributed by atoms with Crippen molar-refractivity contribution in [3.05, 3.63) is 48.4 Å². The molecule has 1 heterocycles. The van der Waals surface area contributed by atoms with Crippen molar-refractivity contribution in [3.8, 4) is 0 Å². The minimum Gasteiger partial charge on any atom is -0.494 e. The lowest BCUT2D eigenvalue weighted by Gasteiger charge is -2.32. The summed E-state index contributed by atoms with van der Waals surface area (Å²) in [6.45, 7) is 1.67. The number of carboxylic acids is 1. The van der Waals surface area contributed by atoms with E-state index in [0.717, 1.165) is 10.5 Å². The quantitative estimate of drug-likeness (QED) is 0.914. The molecule has 0 spiro atoms. The second-order valence-corrected chi connectivity index (χ2v) is 4.36. The zero-order valence-electron chi connectivity index (χ0n) is 10.9. The average Bonchev–Trinajstić information content (AvgIpc) is 2.45. The number of amides is 1. The summed E-state index contributed by atoms with van der Waals surface area (Å²) < 4.78 is 10.2. The Morgan fingerprint density at radius 1 is 1.35 bits per heavy atom. The lowest BCUT2D eigenvalue weighted by Crippen LogP contribution is -2.50. The number of rotatable bonds is 3. The SMILES string of the molecule is C[C@H]1OC=CN(C(=O)OCc2ccccc2)[C@@H]1C(=O)O. The van der Waals surface area contributed by atoms with Gasteiger partial charge >= 0.3 is 12.1 Å². The predicted molar refractivity (Wildman–Crippen MR) is 69.6 cm³/mol. The van der Waals surface area contributed by atoms with Gasteiger partial charge in [-0.25, -0.2) is 9.59 Å². The Kier molecular flexibility index (Phi) is 4.24. The molecule has 6 heteroatoms. The lowest BCUT2D eigenvalue weighted by atomic mass is 10.1. The molecule has 0 radical (unpaired) electrons. The van der Waals surface area contributed by atoms with Gasteiger partial charge in [-0.1, -0.05) is 30.3 Å². The van der Waals surface area contributed by atoms with Crippen LogP contribution in [0.5, 0.6) is 0 Å². The summed E-state index contributed by atoms with van der Waals surface area (Å²) in [5.41, 5.74) is 0.831. The molecule has 0 aliphatic carbocycles. The zero-order valence-corrected chi connectivity index (χ0v) is 10.9. The van der Waals surface area contributed by atoms with E-state index in [9.17, 15) is 9.59 Å². The highest BCUT2D eigenvalue weighted by atomic mass is 16.6. The second-order valence-electron chi connectivity index (χ2n) is 4.36. The molecular formula is C14H15NO5. The molecule has 0 fully saturated rings. The van der Waals surface area contributed by atoms with Crippen molar-refractivity contribution in [2.24, 2.45) is 0 Å². The van der Waals surface area contributed by atoms with Crippen LogP contribution < -0.4 is 0 Å². The van der Waals surface area contributed by atoms with Gasteiger partial charge in [0.15, 0.2) is 6.04 Å². The number of carbonyl (C=O) groups is 2. The van der Waals surface area contributed by atoms with E-state index >= 15 is 0 Å². The van der Waals surface area contributed by atoms with E-state index < -0.39 is 24.2 Å². The third kappa shape index (κ3) is 3.09. The number of carboxylic acid groups (broad SMARTS) is 1. The van der Waals surface area contributed by atoms with Gasteiger partial charge in [0.2, 0.25) is 0 Å². The lowest BCUT2D eigenvalue weighted by molar-refractivity contribution is -0.146. The average molecular weight is 277 g/mol. The van der Waals surface area contributed by atoms with Crippen molar-refractivity contribution in [2.45, 2.75) is 25.7 Å². The highest BCUT2D eigenvalue weighted by molar-refractivity contribution is 5.81. The van der Waals surface area contributed by atoms with E-state index in [4.69, 9.17) is 14.6 Å². The fourth-order valence-corrected chi connectivity index (χ4v) is 1.91. The largest absolute Gasteiger partial charge is 0.494 e. The number of aliphatic carboxylic acids is 1. The molecule has 1 aromatic rings. The summed E-state index contributed by atoms with van der Waals surface area (Å²) in [6.07, 6.45) is 1.20. The molecule has 0 bridgehead atoms. The van der Waals surface area contributed by atoms with E-state index in [2.05, 4.69) is 0 Å². The third-order valence-corrected chi connectivity index (χ3v) is 2.93. The smallest absolute Gasteiger partial charge is 0.415 e. The van der Waals surface area contributed by atoms with E-state index in [1.54, 1.807) is 6.92 Å². The maximum absolute atomic E-state index is 12.0. The third-order valence-electron chi connectivity index (χ3n) is 2.93. The molecule has 6 nitrogen and oxygen atoms in total. The number of hydrogen-bond donors (Lipinski definition) is 1. The summed E-state index contributed by atoms with van der Waals surface area (Å²) in [5, 5.41) is 9.15. The van der Waals surface area contributed by atoms with Crippen LogP contribution in [-0.4, -0.2) is 34.2 Å². The summed E-state index contributed by atoms with van der Waals surface area (Å²) in [5.74, 6) is -1.14. The van der Waals surface area contributed by atoms with Crippen LogP contribution >= 0.6 is 0 Å². The molecule has 0 unspecified atom stereocenters. The molecule has 1 aliphatic rings. The van der Waals surface area contributed by atoms with Crippen LogP contribution in [0.15, 0.2) is 42.8 Å². The first-order valence-electron chi connectivity index (χ1n) is 6.13. The Hall–Kier alpha value is -2.50. The Bertz CT molecular complexity index is 514. The maximum Gasteiger partial charge on any atom is 0.415 e. The highest BCUT2D eigenvalue weighted by Gasteiger charge is 2.37. The van der Waals surface area contributed by atoms with Crippen molar-refractivity contribution in [1.82, 2.24) is 4.90 Å². The van der Waals surface area contributed by atoms with Crippen molar-refractivity contribution < 1.29 is 24.2 Å². The molecule has 0 aromatic heterocycles. The maximum atomic E-state index is 12.0. The van der Waals surface area contributed by atoms with Gasteiger partial charge in [-0.15, -0.1) is 0 Å². The Labute approximate surface area is 116 Å². The van der Waals surface area contributed by atoms with Crippen LogP contribution in [0.2, 0.25) is 0 Å². The fraction of sp³-hybridized carbons (Fsp3) is 0.286. The van der Waals surface area contributed by atoms with Crippen LogP contribution in [0.3, 0.4) is 0 Å². The van der Waals surface area contributed by atoms with Gasteiger partial charge in [0.1, 0.15) is 12.7 Å². The van der Waals surface area contributed by atoms with Gasteiger partial charge in [0, 0.05) is 6.20 Å². The van der Waals surface area contributed by atoms with E-state index in [1.165, 1.54) is 12.5 Å². The fourth-order valence-electron chi connectivity index (χ4n) is 1.91. The summed E-state index contributed by atoms with van der Waals surface area (Å²) in [4.78, 5) is 24.2. The van der Waals surface area contributed by atoms with Crippen LogP contribution in [0.25, 0.3) is 0 Å². The number of nitrogens with zero attached hydrogens (tertiary/aromatic N) is 1. The van der Waals surface area contributed by atoms with Crippen LogP contribution in [-0.2, 0) is 20.9 Å². The van der Waals surface area contributed by atoms with Crippen LogP contribution in [0.1, 0.15) is 12.5 Å². The second kappa shape index (κ2) is 6.10. The van der Waals surface area contributed by atoms with Crippen molar-refractivity contribution in [3.63, 3.8) is 0 Å². The van der Waals surface area contributed by atoms with Gasteiger partial charge in [0.25, 0.3) is 0 Å². The first-order valence-corrected chi connectivity index (χ1v) is 6.13. The Morgan fingerprint density at radius 2 is 2.05 bits per heavy atom. The first kappa shape index (κ1) is 13.9. The van der Waals surface area contributed by atoms with Crippen LogP contribution in [0, 0.1) is 0 Å². The van der Waals surface area contributed by atoms with Gasteiger partial charge in [-0.05, 0) is 12.5 Å². The normalized spacial score (nSPS) is 21.1. The topological polar surface area (TPSA) is 76.1 Å². The number of carbonyl (C=O) groups excluding carboxylic acids is 1. The first-order chi connectivity index (χ1) is 9.59. The minimum absolute atomic E-state index is 0.0889. The predicted octanol–water partition coefficient (Wildman–Crippen LogP) is 1.97. The highest BCUT2D eigenvalue weighted by Crippen LogP contribution is 2.17. The van der Waals surface area contributed by atoms with Gasteiger partial charge in [-0.2, -0.15) is 0 Å². The summed E-state index contributed by atoms with van der Waals surface area (Å²) >= 11 is 0. The van der Waals surface area contributed by atoms with Gasteiger partial charge in [-0.3, -0.25) is 4.90 Å². The monoisotopic (exact) mass is 277 g/mol. The standard InChI is InChI=1S/C14H15NO5/c1-10-12(13(16)17)15(7-8-19-10)14(18)20-9-11-5-3-2-4-6-11/h2-8,10,12H,9H2,1H3,(H,16,17)/t10-,12+/m1/s1. The zero-order chi connectivity index (χ0) is 14.5. The Morgan fingerprint density at radius 3 is 2.70 bits per heavy atom. The summed E-state index contributed by atoms with van der Waals surface area (Å²) in [7, 11) is 0. The molecule has 1 amide bonds. The molecule has 1 aliphatic heterocycles. The summed E-state index contributed by atoms with van der Waals surface area (Å²) in [6, 6.07) is 8.07. The molecule has 1 N–H and O–H groups in total. The molecule has 0 saturated heterocycles. The molecule has 2 atom stereocenters. The molecule has 106 valence electrons.